The second kappa shape index (κ2) is 53.2. The molecule has 3 fully saturated rings. The zero-order chi connectivity index (χ0) is 91.8. The summed E-state index contributed by atoms with van der Waals surface area (Å²) in [5.41, 5.74) is 1.82. The number of allylic oxidation sites excluding steroid dienone is 9. The lowest BCUT2D eigenvalue weighted by Crippen LogP contribution is -2.65. The summed E-state index contributed by atoms with van der Waals surface area (Å²) in [7, 11) is 0. The van der Waals surface area contributed by atoms with Crippen LogP contribution in [0.1, 0.15) is 122 Å². The van der Waals surface area contributed by atoms with E-state index in [1.54, 1.807) is 26.0 Å². The summed E-state index contributed by atoms with van der Waals surface area (Å²) in [6.45, 7) is 15.6. The SMILES string of the molecule is C/C=C/C=C/C=C\CC/C=C/C(=O)NCC(C)C.C=CC(C)(O)CCCC/C=C(\C)CC(C)=O.CC1OC(OC2C(O)C(OCCc3ccc(O)c(O)c3)OC(COC3OC(CO)C(O)C(O)C3O)C2OC(=O)CCc2ccc(O)c(O)c2)C(O)C(O)C1O.O=C(/C=C/c1ccc(O)c(O)c1)OC(C(=O)O)C(OC(=O)/C=C/c1ccc(O)c(O)c1)C(=O)O. The number of rotatable bonds is 39. The van der Waals surface area contributed by atoms with Crippen molar-refractivity contribution in [3.63, 3.8) is 0 Å². The van der Waals surface area contributed by atoms with Crippen LogP contribution in [0.4, 0.5) is 0 Å². The molecular weight excluding hydrogens is 1620 g/mol. The minimum atomic E-state index is -2.40. The van der Waals surface area contributed by atoms with Gasteiger partial charge < -0.3 is 145 Å². The van der Waals surface area contributed by atoms with Crippen molar-refractivity contribution in [1.29, 1.82) is 0 Å². The fourth-order valence-electron chi connectivity index (χ4n) is 11.5. The molecule has 36 heteroatoms. The van der Waals surface area contributed by atoms with Gasteiger partial charge in [-0.05, 0) is 181 Å². The molecule has 3 aliphatic rings. The molecule has 678 valence electrons. The number of phenolic OH excluding ortho intramolecular Hbond substituents is 8. The number of amides is 1. The highest BCUT2D eigenvalue weighted by Crippen LogP contribution is 2.35. The third kappa shape index (κ3) is 37.0. The lowest BCUT2D eigenvalue weighted by molar-refractivity contribution is -0.364. The molecule has 0 aliphatic carbocycles. The molecule has 4 aromatic carbocycles. The van der Waals surface area contributed by atoms with Crippen LogP contribution in [0.2, 0.25) is 0 Å². The summed E-state index contributed by atoms with van der Waals surface area (Å²) >= 11 is 0. The molecule has 0 saturated carbocycles. The Morgan fingerprint density at radius 2 is 1.07 bits per heavy atom. The van der Waals surface area contributed by atoms with Crippen LogP contribution in [0.15, 0.2) is 158 Å². The Morgan fingerprint density at radius 3 is 1.58 bits per heavy atom. The van der Waals surface area contributed by atoms with Crippen molar-refractivity contribution in [1.82, 2.24) is 5.32 Å². The fraction of sp³-hybridized carbons (Fsp3) is 0.460. The molecule has 4 aromatic rings. The summed E-state index contributed by atoms with van der Waals surface area (Å²) in [5, 5.41) is 191. The molecular formula is C87H115NO35. The Balaban J connectivity index is 0.000000394. The number of aryl methyl sites for hydroxylation is 1. The molecule has 0 bridgehead atoms. The highest BCUT2D eigenvalue weighted by atomic mass is 16.8. The number of ketones is 1. The molecule has 0 spiro atoms. The number of unbranched alkanes of at least 4 members (excludes halogenated alkanes) is 3. The third-order valence-corrected chi connectivity index (χ3v) is 18.4. The molecule has 0 radical (unpaired) electrons. The van der Waals surface area contributed by atoms with Gasteiger partial charge in [-0.3, -0.25) is 14.4 Å². The smallest absolute Gasteiger partial charge is 0.349 e. The predicted octanol–water partition coefficient (Wildman–Crippen LogP) is 5.15. The topological polar surface area (TPSA) is 599 Å². The number of carboxylic acids is 2. The van der Waals surface area contributed by atoms with Gasteiger partial charge in [-0.25, -0.2) is 19.2 Å². The van der Waals surface area contributed by atoms with E-state index in [9.17, 15) is 131 Å². The van der Waals surface area contributed by atoms with Crippen LogP contribution in [-0.4, -0.2) is 275 Å². The van der Waals surface area contributed by atoms with Crippen LogP contribution in [0.25, 0.3) is 12.2 Å². The number of aliphatic hydroxyl groups excluding tert-OH is 8. The van der Waals surface area contributed by atoms with Crippen LogP contribution in [-0.2, 0) is 89.0 Å². The Bertz CT molecular complexity index is 4170. The Labute approximate surface area is 710 Å². The molecule has 0 aromatic heterocycles. The van der Waals surface area contributed by atoms with Crippen LogP contribution in [0.3, 0.4) is 0 Å². The van der Waals surface area contributed by atoms with E-state index in [-0.39, 0.29) is 65.9 Å². The number of carboxylic acid groups (broad SMARTS) is 2. The van der Waals surface area contributed by atoms with Gasteiger partial charge in [-0.15, -0.1) is 6.58 Å². The number of aromatic hydroxyl groups is 8. The van der Waals surface area contributed by atoms with Gasteiger partial charge in [0.05, 0.1) is 31.5 Å². The number of carbonyl (C=O) groups is 7. The molecule has 36 nitrogen and oxygen atoms in total. The Kier molecular flexibility index (Phi) is 45.2. The summed E-state index contributed by atoms with van der Waals surface area (Å²) in [6, 6.07) is 15.1. The fourth-order valence-corrected chi connectivity index (χ4v) is 11.5. The second-order valence-corrected chi connectivity index (χ2v) is 29.3. The molecule has 18 atom stereocenters. The lowest BCUT2D eigenvalue weighted by atomic mass is 9.96. The van der Waals surface area contributed by atoms with E-state index in [1.807, 2.05) is 50.3 Å². The largest absolute Gasteiger partial charge is 0.504 e. The van der Waals surface area contributed by atoms with Crippen molar-refractivity contribution < 1.29 is 173 Å². The number of hydrogen-bond donors (Lipinski definition) is 20. The third-order valence-electron chi connectivity index (χ3n) is 18.4. The van der Waals surface area contributed by atoms with Gasteiger partial charge in [0.15, 0.2) is 71.0 Å². The molecule has 1 amide bonds. The van der Waals surface area contributed by atoms with Crippen LogP contribution >= 0.6 is 0 Å². The van der Waals surface area contributed by atoms with Crippen LogP contribution < -0.4 is 5.32 Å². The number of phenols is 8. The number of nitrogens with one attached hydrogen (secondary N) is 1. The van der Waals surface area contributed by atoms with Crippen molar-refractivity contribution in [2.24, 2.45) is 5.92 Å². The number of esters is 3. The molecule has 3 saturated heterocycles. The van der Waals surface area contributed by atoms with Crippen molar-refractivity contribution in [3.05, 3.63) is 180 Å². The average molecular weight is 1730 g/mol. The molecule has 3 heterocycles. The second-order valence-electron chi connectivity index (χ2n) is 29.3. The monoisotopic (exact) mass is 1730 g/mol. The first-order chi connectivity index (χ1) is 58.1. The minimum absolute atomic E-state index is 0.000610. The van der Waals surface area contributed by atoms with E-state index in [0.29, 0.717) is 23.5 Å². The van der Waals surface area contributed by atoms with E-state index in [2.05, 4.69) is 47.4 Å². The normalized spacial score (nSPS) is 23.8. The van der Waals surface area contributed by atoms with Gasteiger partial charge in [0.2, 0.25) is 18.1 Å². The number of ether oxygens (including phenoxy) is 9. The van der Waals surface area contributed by atoms with Crippen molar-refractivity contribution in [2.45, 2.75) is 223 Å². The number of benzene rings is 4. The highest BCUT2D eigenvalue weighted by molar-refractivity contribution is 5.94. The minimum Gasteiger partial charge on any atom is -0.504 e. The highest BCUT2D eigenvalue weighted by Gasteiger charge is 2.54. The number of hydrogen-bond acceptors (Lipinski definition) is 33. The molecule has 18 unspecified atom stereocenters. The zero-order valence-corrected chi connectivity index (χ0v) is 69.0. The van der Waals surface area contributed by atoms with Crippen molar-refractivity contribution in [2.75, 3.05) is 26.4 Å². The summed E-state index contributed by atoms with van der Waals surface area (Å²) in [5.74, 6) is -9.90. The van der Waals surface area contributed by atoms with E-state index >= 15 is 0 Å². The van der Waals surface area contributed by atoms with E-state index in [4.69, 9.17) is 33.2 Å². The molecule has 7 rings (SSSR count). The Morgan fingerprint density at radius 1 is 0.561 bits per heavy atom. The van der Waals surface area contributed by atoms with Crippen molar-refractivity contribution in [3.8, 4) is 46.0 Å². The van der Waals surface area contributed by atoms with E-state index in [1.165, 1.54) is 55.5 Å². The quantitative estimate of drug-likeness (QED) is 0.00522. The number of aliphatic carboxylic acids is 2. The molecule has 3 aliphatic heterocycles. The maximum atomic E-state index is 13.4. The predicted molar refractivity (Wildman–Crippen MR) is 439 cm³/mol. The first kappa shape index (κ1) is 104. The zero-order valence-electron chi connectivity index (χ0n) is 69.0. The van der Waals surface area contributed by atoms with E-state index in [0.717, 1.165) is 99.2 Å². The maximum absolute atomic E-state index is 13.4. The number of Topliss-reactive ketones (excluding diaryl/α,β-unsaturated/α-hetero) is 1. The average Bonchev–Trinajstić information content (AvgIpc) is 0.775. The summed E-state index contributed by atoms with van der Waals surface area (Å²) in [6.07, 6.45) is -0.459. The van der Waals surface area contributed by atoms with Crippen molar-refractivity contribution >= 4 is 53.7 Å². The standard InChI is InChI=1S/C35H48O20.C22H18O12.C16H25NO.C14H24O2/c1-14-24(42)26(44)29(47)35(51-14)55-32-30(48)34(49-9-8-16-3-6-18(38)20(40)11-16)53-22(13-50-33-28(46)27(45)25(43)21(12-36)52-33)31(32)54-23(41)7-4-15-2-5-17(37)19(39)10-15;23-13-5-1-11(9-15(13)25)3-7-17(27)33-19(21(29)30)20(22(31)32)34-18(28)8-4-12-2-6-14(24)16(26)10-12;1-4-5-6-7-8-9-10-11-12-13-16(18)17-14-15(2)3;1-5-14(4,16)10-8-6-7-9-12(2)11-13(3)15/h2-3,5-6,10-11,14,21-22,24-40,42-48H,4,7-9,12-13H2,1H3;1-10,19-20,23-26H,(H,29,30)(H,31,32);4-9,12-13,15H,10-11,14H2,1-3H3,(H,17,18);5,9,16H,1,6-8,10-11H2,2-4H3/b;7-3+,8-4+;5-4+,7-6+,9-8-,13-12+;12-9+. The van der Waals surface area contributed by atoms with Gasteiger partial charge in [0, 0.05) is 31.5 Å². The van der Waals surface area contributed by atoms with Gasteiger partial charge in [0.1, 0.15) is 66.8 Å². The lowest BCUT2D eigenvalue weighted by Gasteiger charge is -2.47. The van der Waals surface area contributed by atoms with Crippen LogP contribution in [0.5, 0.6) is 46.0 Å². The first-order valence-electron chi connectivity index (χ1n) is 39.2. The molecule has 20 N–H and O–H groups in total. The Hall–Kier alpha value is -10.9. The number of aliphatic hydroxyl groups is 9. The van der Waals surface area contributed by atoms with E-state index < -0.39 is 182 Å². The van der Waals surface area contributed by atoms with Gasteiger partial charge in [0.25, 0.3) is 0 Å². The number of carbonyl (C=O) groups excluding carboxylic acids is 5. The summed E-state index contributed by atoms with van der Waals surface area (Å²) in [4.78, 5) is 82.5. The van der Waals surface area contributed by atoms with Gasteiger partial charge >= 0.3 is 29.8 Å². The maximum Gasteiger partial charge on any atom is 0.349 e. The van der Waals surface area contributed by atoms with Gasteiger partial charge in [-0.2, -0.15) is 0 Å². The summed E-state index contributed by atoms with van der Waals surface area (Å²) < 4.78 is 49.6. The molecule has 123 heavy (non-hydrogen) atoms. The first-order valence-corrected chi connectivity index (χ1v) is 39.2. The van der Waals surface area contributed by atoms with Gasteiger partial charge in [-0.1, -0.05) is 98.4 Å². The van der Waals surface area contributed by atoms with Crippen LogP contribution in [0, 0.1) is 5.92 Å².